The van der Waals surface area contributed by atoms with Crippen molar-refractivity contribution in [2.24, 2.45) is 0 Å². The summed E-state index contributed by atoms with van der Waals surface area (Å²) in [5.41, 5.74) is 6.03. The summed E-state index contributed by atoms with van der Waals surface area (Å²) in [6.45, 7) is 2.79. The van der Waals surface area contributed by atoms with Gasteiger partial charge in [-0.05, 0) is 53.6 Å². The average Bonchev–Trinajstić information content (AvgIpc) is 2.90. The van der Waals surface area contributed by atoms with E-state index in [-0.39, 0.29) is 12.4 Å². The van der Waals surface area contributed by atoms with Crippen molar-refractivity contribution in [3.8, 4) is 0 Å². The van der Waals surface area contributed by atoms with Crippen molar-refractivity contribution in [2.75, 3.05) is 12.4 Å². The number of carbonyl (C=O) groups is 1. The second-order valence-electron chi connectivity index (χ2n) is 8.25. The highest BCUT2D eigenvalue weighted by atomic mass is 16.5. The maximum Gasteiger partial charge on any atom is 0.309 e. The summed E-state index contributed by atoms with van der Waals surface area (Å²) in [6.07, 6.45) is 5.83. The smallest absolute Gasteiger partial charge is 0.309 e. The molecule has 4 rings (SSSR count). The maximum atomic E-state index is 11.4. The minimum Gasteiger partial charge on any atom is -0.469 e. The first-order valence-electron chi connectivity index (χ1n) is 11.5. The van der Waals surface area contributed by atoms with Gasteiger partial charge >= 0.3 is 5.97 Å². The van der Waals surface area contributed by atoms with Crippen molar-refractivity contribution in [2.45, 2.75) is 32.6 Å². The van der Waals surface area contributed by atoms with Crippen molar-refractivity contribution in [1.29, 1.82) is 0 Å². The monoisotopic (exact) mass is 467 g/mol. The molecule has 0 saturated heterocycles. The molecule has 7 nitrogen and oxygen atoms in total. The molecule has 0 unspecified atom stereocenters. The standard InChI is InChI=1S/C28H29N5O2/c1-35-28(34)16-22-8-11-24(12-9-22)31-17-23-10-13-27(32-18-23)21-33(19-25-6-2-4-14-29-25)20-26-7-3-5-15-30-26/h2-15,18,31H,16-17,19-21H2,1H3. The van der Waals surface area contributed by atoms with Crippen LogP contribution < -0.4 is 5.32 Å². The lowest BCUT2D eigenvalue weighted by atomic mass is 10.1. The normalized spacial score (nSPS) is 10.8. The van der Waals surface area contributed by atoms with Gasteiger partial charge in [0.25, 0.3) is 0 Å². The molecule has 0 atom stereocenters. The molecular formula is C28H29N5O2. The van der Waals surface area contributed by atoms with E-state index in [0.717, 1.165) is 33.9 Å². The summed E-state index contributed by atoms with van der Waals surface area (Å²) in [5.74, 6) is -0.240. The quantitative estimate of drug-likeness (QED) is 0.328. The number of esters is 1. The maximum absolute atomic E-state index is 11.4. The van der Waals surface area contributed by atoms with Gasteiger partial charge in [0, 0.05) is 50.5 Å². The number of pyridine rings is 3. The Morgan fingerprint density at radius 3 is 1.89 bits per heavy atom. The van der Waals surface area contributed by atoms with E-state index in [2.05, 4.69) is 32.3 Å². The molecule has 0 bridgehead atoms. The van der Waals surface area contributed by atoms with Gasteiger partial charge in [0.15, 0.2) is 0 Å². The Morgan fingerprint density at radius 1 is 0.771 bits per heavy atom. The Kier molecular flexibility index (Phi) is 8.51. The van der Waals surface area contributed by atoms with Crippen LogP contribution >= 0.6 is 0 Å². The highest BCUT2D eigenvalue weighted by Gasteiger charge is 2.11. The predicted molar refractivity (Wildman–Crippen MR) is 135 cm³/mol. The summed E-state index contributed by atoms with van der Waals surface area (Å²) in [5, 5.41) is 3.40. The number of anilines is 1. The highest BCUT2D eigenvalue weighted by molar-refractivity contribution is 5.72. The van der Waals surface area contributed by atoms with Crippen molar-refractivity contribution in [3.63, 3.8) is 0 Å². The summed E-state index contributed by atoms with van der Waals surface area (Å²) in [4.78, 5) is 27.3. The molecule has 4 aromatic rings. The molecule has 0 aliphatic rings. The van der Waals surface area contributed by atoms with E-state index in [1.807, 2.05) is 79.3 Å². The van der Waals surface area contributed by atoms with Gasteiger partial charge in [-0.15, -0.1) is 0 Å². The number of ether oxygens (including phenoxy) is 1. The van der Waals surface area contributed by atoms with Crippen LogP contribution in [0.25, 0.3) is 0 Å². The molecule has 0 fully saturated rings. The van der Waals surface area contributed by atoms with Crippen LogP contribution in [0, 0.1) is 0 Å². The van der Waals surface area contributed by atoms with Crippen LogP contribution in [0.15, 0.2) is 91.4 Å². The minimum atomic E-state index is -0.240. The molecular weight excluding hydrogens is 438 g/mol. The van der Waals surface area contributed by atoms with Crippen LogP contribution in [-0.4, -0.2) is 32.9 Å². The minimum absolute atomic E-state index is 0.240. The Labute approximate surface area is 205 Å². The largest absolute Gasteiger partial charge is 0.469 e. The molecule has 0 aliphatic carbocycles. The van der Waals surface area contributed by atoms with E-state index in [9.17, 15) is 4.79 Å². The molecule has 1 aromatic carbocycles. The molecule has 35 heavy (non-hydrogen) atoms. The lowest BCUT2D eigenvalue weighted by Crippen LogP contribution is -2.24. The number of aromatic nitrogens is 3. The SMILES string of the molecule is COC(=O)Cc1ccc(NCc2ccc(CN(Cc3ccccn3)Cc3ccccn3)nc2)cc1. The molecule has 178 valence electrons. The first-order valence-corrected chi connectivity index (χ1v) is 11.5. The number of carbonyl (C=O) groups excluding carboxylic acids is 1. The zero-order chi connectivity index (χ0) is 24.3. The van der Waals surface area contributed by atoms with Gasteiger partial charge in [-0.1, -0.05) is 30.3 Å². The van der Waals surface area contributed by atoms with Crippen LogP contribution in [0.3, 0.4) is 0 Å². The van der Waals surface area contributed by atoms with Gasteiger partial charge in [-0.2, -0.15) is 0 Å². The van der Waals surface area contributed by atoms with E-state index in [0.29, 0.717) is 26.2 Å². The number of nitrogens with one attached hydrogen (secondary N) is 1. The molecule has 0 radical (unpaired) electrons. The molecule has 1 N–H and O–H groups in total. The van der Waals surface area contributed by atoms with Gasteiger partial charge in [0.1, 0.15) is 0 Å². The lowest BCUT2D eigenvalue weighted by molar-refractivity contribution is -0.139. The second kappa shape index (κ2) is 12.4. The molecule has 0 aliphatic heterocycles. The van der Waals surface area contributed by atoms with E-state index >= 15 is 0 Å². The molecule has 7 heteroatoms. The number of benzene rings is 1. The summed E-state index contributed by atoms with van der Waals surface area (Å²) >= 11 is 0. The van der Waals surface area contributed by atoms with Crippen molar-refractivity contribution >= 4 is 11.7 Å². The van der Waals surface area contributed by atoms with Crippen LogP contribution in [0.5, 0.6) is 0 Å². The summed E-state index contributed by atoms with van der Waals surface area (Å²) < 4.78 is 4.71. The molecule has 0 spiro atoms. The molecule has 3 heterocycles. The summed E-state index contributed by atoms with van der Waals surface area (Å²) in [6, 6.07) is 23.9. The Morgan fingerprint density at radius 2 is 1.37 bits per heavy atom. The first-order chi connectivity index (χ1) is 17.2. The van der Waals surface area contributed by atoms with E-state index in [1.54, 1.807) is 0 Å². The Balaban J connectivity index is 1.34. The van der Waals surface area contributed by atoms with Gasteiger partial charge in [-0.25, -0.2) is 0 Å². The number of hydrogen-bond donors (Lipinski definition) is 1. The van der Waals surface area contributed by atoms with Crippen molar-refractivity contribution in [1.82, 2.24) is 19.9 Å². The summed E-state index contributed by atoms with van der Waals surface area (Å²) in [7, 11) is 1.40. The van der Waals surface area contributed by atoms with Crippen molar-refractivity contribution in [3.05, 3.63) is 120 Å². The van der Waals surface area contributed by atoms with Crippen LogP contribution in [0.2, 0.25) is 0 Å². The fourth-order valence-corrected chi connectivity index (χ4v) is 3.67. The third kappa shape index (κ3) is 7.72. The zero-order valence-corrected chi connectivity index (χ0v) is 19.8. The van der Waals surface area contributed by atoms with Crippen LogP contribution in [0.4, 0.5) is 5.69 Å². The van der Waals surface area contributed by atoms with Gasteiger partial charge < -0.3 is 10.1 Å². The van der Waals surface area contributed by atoms with Gasteiger partial charge in [0.05, 0.1) is 30.6 Å². The van der Waals surface area contributed by atoms with Crippen molar-refractivity contribution < 1.29 is 9.53 Å². The van der Waals surface area contributed by atoms with E-state index in [4.69, 9.17) is 9.72 Å². The molecule has 0 amide bonds. The second-order valence-corrected chi connectivity index (χ2v) is 8.25. The lowest BCUT2D eigenvalue weighted by Gasteiger charge is -2.21. The first kappa shape index (κ1) is 24.0. The molecule has 0 saturated carbocycles. The number of methoxy groups -OCH3 is 1. The van der Waals surface area contributed by atoms with E-state index < -0.39 is 0 Å². The predicted octanol–water partition coefficient (Wildman–Crippen LogP) is 4.40. The van der Waals surface area contributed by atoms with Crippen LogP contribution in [0.1, 0.15) is 28.2 Å². The third-order valence-corrected chi connectivity index (χ3v) is 5.52. The third-order valence-electron chi connectivity index (χ3n) is 5.52. The highest BCUT2D eigenvalue weighted by Crippen LogP contribution is 2.14. The Hall–Kier alpha value is -4.10. The topological polar surface area (TPSA) is 80.2 Å². The number of rotatable bonds is 11. The fraction of sp³-hybridized carbons (Fsp3) is 0.214. The van der Waals surface area contributed by atoms with Gasteiger partial charge in [-0.3, -0.25) is 24.6 Å². The van der Waals surface area contributed by atoms with Crippen LogP contribution in [-0.2, 0) is 42.1 Å². The fourth-order valence-electron chi connectivity index (χ4n) is 3.67. The Bertz CT molecular complexity index is 1140. The van der Waals surface area contributed by atoms with E-state index in [1.165, 1.54) is 7.11 Å². The zero-order valence-electron chi connectivity index (χ0n) is 19.8. The average molecular weight is 468 g/mol. The molecule has 3 aromatic heterocycles. The van der Waals surface area contributed by atoms with Gasteiger partial charge in [0.2, 0.25) is 0 Å². The number of nitrogens with zero attached hydrogens (tertiary/aromatic N) is 4. The number of hydrogen-bond acceptors (Lipinski definition) is 7.